The van der Waals surface area contributed by atoms with Gasteiger partial charge in [-0.3, -0.25) is 5.10 Å². The van der Waals surface area contributed by atoms with Crippen LogP contribution in [0.5, 0.6) is 5.88 Å². The first kappa shape index (κ1) is 17.3. The van der Waals surface area contributed by atoms with Crippen molar-refractivity contribution < 1.29 is 4.74 Å². The van der Waals surface area contributed by atoms with Crippen molar-refractivity contribution in [1.82, 2.24) is 20.0 Å². The molecule has 2 rings (SSSR count). The Hall–Kier alpha value is -1.78. The normalized spacial score (nSPS) is 10.5. The maximum Gasteiger partial charge on any atom is 0.211 e. The summed E-state index contributed by atoms with van der Waals surface area (Å²) >= 11 is 0. The molecular weight excluding hydrogens is 264 g/mol. The van der Waals surface area contributed by atoms with Crippen molar-refractivity contribution in [2.24, 2.45) is 13.0 Å². The average Bonchev–Trinajstić information content (AvgIpc) is 2.96. The number of aromatic nitrogens is 4. The van der Waals surface area contributed by atoms with Crippen LogP contribution in [-0.2, 0) is 19.9 Å². The van der Waals surface area contributed by atoms with Crippen LogP contribution in [-0.4, -0.2) is 27.1 Å². The molecule has 0 amide bonds. The highest BCUT2D eigenvalue weighted by Gasteiger charge is 2.07. The van der Waals surface area contributed by atoms with Gasteiger partial charge in [-0.15, -0.1) is 0 Å². The second kappa shape index (κ2) is 7.86. The third-order valence-electron chi connectivity index (χ3n) is 3.35. The minimum absolute atomic E-state index is 0.713. The number of methoxy groups -OCH3 is 1. The van der Waals surface area contributed by atoms with Crippen molar-refractivity contribution >= 4 is 0 Å². The molecule has 0 saturated carbocycles. The first-order valence-electron chi connectivity index (χ1n) is 7.46. The van der Waals surface area contributed by atoms with Gasteiger partial charge in [0.05, 0.1) is 18.5 Å². The summed E-state index contributed by atoms with van der Waals surface area (Å²) in [7, 11) is 3.52. The van der Waals surface area contributed by atoms with Crippen molar-refractivity contribution in [2.45, 2.75) is 47.5 Å². The zero-order valence-corrected chi connectivity index (χ0v) is 14.3. The lowest BCUT2D eigenvalue weighted by Gasteiger charge is -2.03. The SMILES string of the molecule is CCc1cc(OC)n(C)n1.Cc1n[nH]c(C)c1CC(C)C. The number of aromatic amines is 1. The number of ether oxygens (including phenoxy) is 1. The largest absolute Gasteiger partial charge is 0.481 e. The van der Waals surface area contributed by atoms with E-state index in [0.29, 0.717) is 5.92 Å². The molecule has 0 aliphatic carbocycles. The van der Waals surface area contributed by atoms with E-state index in [1.54, 1.807) is 11.8 Å². The topological polar surface area (TPSA) is 55.7 Å². The summed E-state index contributed by atoms with van der Waals surface area (Å²) in [5, 5.41) is 11.3. The van der Waals surface area contributed by atoms with Crippen molar-refractivity contribution in [2.75, 3.05) is 7.11 Å². The maximum atomic E-state index is 5.03. The van der Waals surface area contributed by atoms with E-state index in [1.165, 1.54) is 11.3 Å². The molecule has 21 heavy (non-hydrogen) atoms. The molecule has 118 valence electrons. The van der Waals surface area contributed by atoms with E-state index in [2.05, 4.69) is 49.9 Å². The molecule has 5 heteroatoms. The smallest absolute Gasteiger partial charge is 0.211 e. The molecule has 0 aliphatic heterocycles. The van der Waals surface area contributed by atoms with Crippen LogP contribution in [0.3, 0.4) is 0 Å². The second-order valence-electron chi connectivity index (χ2n) is 5.67. The Labute approximate surface area is 127 Å². The van der Waals surface area contributed by atoms with Crippen molar-refractivity contribution in [3.05, 3.63) is 28.7 Å². The lowest BCUT2D eigenvalue weighted by atomic mass is 10.0. The van der Waals surface area contributed by atoms with Gasteiger partial charge in [-0.25, -0.2) is 4.68 Å². The number of hydrogen-bond acceptors (Lipinski definition) is 3. The average molecular weight is 292 g/mol. The number of hydrogen-bond donors (Lipinski definition) is 1. The molecule has 0 fully saturated rings. The first-order chi connectivity index (χ1) is 9.88. The van der Waals surface area contributed by atoms with Gasteiger partial charge < -0.3 is 4.74 Å². The highest BCUT2D eigenvalue weighted by atomic mass is 16.5. The summed E-state index contributed by atoms with van der Waals surface area (Å²) in [6.07, 6.45) is 2.09. The van der Waals surface area contributed by atoms with Gasteiger partial charge in [-0.05, 0) is 38.2 Å². The molecule has 2 heterocycles. The van der Waals surface area contributed by atoms with Crippen LogP contribution in [0.4, 0.5) is 0 Å². The zero-order valence-electron chi connectivity index (χ0n) is 14.3. The van der Waals surface area contributed by atoms with Crippen LogP contribution in [0.15, 0.2) is 6.07 Å². The molecule has 2 aromatic heterocycles. The number of H-pyrrole nitrogens is 1. The molecule has 0 radical (unpaired) electrons. The van der Waals surface area contributed by atoms with E-state index >= 15 is 0 Å². The molecule has 0 unspecified atom stereocenters. The van der Waals surface area contributed by atoms with Crippen molar-refractivity contribution in [3.63, 3.8) is 0 Å². The van der Waals surface area contributed by atoms with E-state index < -0.39 is 0 Å². The van der Waals surface area contributed by atoms with Gasteiger partial charge in [0.1, 0.15) is 0 Å². The van der Waals surface area contributed by atoms with E-state index in [-0.39, 0.29) is 0 Å². The van der Waals surface area contributed by atoms with Crippen molar-refractivity contribution in [1.29, 1.82) is 0 Å². The molecule has 0 saturated heterocycles. The predicted molar refractivity (Wildman–Crippen MR) is 85.7 cm³/mol. The number of aryl methyl sites for hydroxylation is 4. The third kappa shape index (κ3) is 4.92. The van der Waals surface area contributed by atoms with Gasteiger partial charge in [0.2, 0.25) is 5.88 Å². The molecule has 0 aromatic carbocycles. The molecule has 0 spiro atoms. The highest BCUT2D eigenvalue weighted by molar-refractivity contribution is 5.23. The fraction of sp³-hybridized carbons (Fsp3) is 0.625. The fourth-order valence-corrected chi connectivity index (χ4v) is 2.15. The molecule has 2 aromatic rings. The zero-order chi connectivity index (χ0) is 16.0. The summed E-state index contributed by atoms with van der Waals surface area (Å²) < 4.78 is 6.76. The number of nitrogens with zero attached hydrogens (tertiary/aromatic N) is 3. The van der Waals surface area contributed by atoms with Gasteiger partial charge in [-0.2, -0.15) is 10.2 Å². The fourth-order valence-electron chi connectivity index (χ4n) is 2.15. The standard InChI is InChI=1S/C9H16N2.C7H12N2O/c1-6(2)5-9-7(3)10-11-8(9)4;1-4-6-5-7(10-3)9(2)8-6/h6H,5H2,1-4H3,(H,10,11);5H,4H2,1-3H3. The first-order valence-corrected chi connectivity index (χ1v) is 7.46. The Morgan fingerprint density at radius 1 is 1.33 bits per heavy atom. The minimum Gasteiger partial charge on any atom is -0.481 e. The quantitative estimate of drug-likeness (QED) is 0.941. The van der Waals surface area contributed by atoms with Crippen LogP contribution in [0, 0.1) is 19.8 Å². The molecular formula is C16H28N4O. The van der Waals surface area contributed by atoms with E-state index in [0.717, 1.165) is 30.1 Å². The highest BCUT2D eigenvalue weighted by Crippen LogP contribution is 2.14. The van der Waals surface area contributed by atoms with E-state index in [9.17, 15) is 0 Å². The summed E-state index contributed by atoms with van der Waals surface area (Å²) in [5.74, 6) is 1.53. The molecule has 5 nitrogen and oxygen atoms in total. The molecule has 0 bridgehead atoms. The molecule has 0 atom stereocenters. The Morgan fingerprint density at radius 2 is 2.00 bits per heavy atom. The lowest BCUT2D eigenvalue weighted by Crippen LogP contribution is -1.96. The van der Waals surface area contributed by atoms with Crippen LogP contribution in [0.1, 0.15) is 43.4 Å². The molecule has 1 N–H and O–H groups in total. The van der Waals surface area contributed by atoms with Crippen LogP contribution >= 0.6 is 0 Å². The summed E-state index contributed by atoms with van der Waals surface area (Å²) in [6.45, 7) is 10.7. The van der Waals surface area contributed by atoms with Crippen LogP contribution in [0.25, 0.3) is 0 Å². The Balaban J connectivity index is 0.000000211. The predicted octanol–water partition coefficient (Wildman–Crippen LogP) is 3.22. The monoisotopic (exact) mass is 292 g/mol. The van der Waals surface area contributed by atoms with Crippen LogP contribution < -0.4 is 4.74 Å². The lowest BCUT2D eigenvalue weighted by molar-refractivity contribution is 0.373. The maximum absolute atomic E-state index is 5.03. The minimum atomic E-state index is 0.713. The van der Waals surface area contributed by atoms with Crippen molar-refractivity contribution in [3.8, 4) is 5.88 Å². The van der Waals surface area contributed by atoms with Gasteiger partial charge in [0.25, 0.3) is 0 Å². The van der Waals surface area contributed by atoms with E-state index in [1.807, 2.05) is 13.1 Å². The second-order valence-corrected chi connectivity index (χ2v) is 5.67. The Bertz CT molecular complexity index is 535. The summed E-state index contributed by atoms with van der Waals surface area (Å²) in [6, 6.07) is 1.94. The Kier molecular flexibility index (Phi) is 6.46. The van der Waals surface area contributed by atoms with Crippen LogP contribution in [0.2, 0.25) is 0 Å². The summed E-state index contributed by atoms with van der Waals surface area (Å²) in [5.41, 5.74) is 4.83. The third-order valence-corrected chi connectivity index (χ3v) is 3.35. The number of rotatable bonds is 4. The van der Waals surface area contributed by atoms with Gasteiger partial charge >= 0.3 is 0 Å². The van der Waals surface area contributed by atoms with Gasteiger partial charge in [-0.1, -0.05) is 20.8 Å². The number of nitrogens with one attached hydrogen (secondary N) is 1. The van der Waals surface area contributed by atoms with Gasteiger partial charge in [0, 0.05) is 18.8 Å². The summed E-state index contributed by atoms with van der Waals surface area (Å²) in [4.78, 5) is 0. The van der Waals surface area contributed by atoms with Gasteiger partial charge in [0.15, 0.2) is 0 Å². The Morgan fingerprint density at radius 3 is 2.33 bits per heavy atom. The molecule has 0 aliphatic rings. The van der Waals surface area contributed by atoms with E-state index in [4.69, 9.17) is 4.74 Å².